The fourth-order valence-corrected chi connectivity index (χ4v) is 3.49. The minimum atomic E-state index is -3.52. The van der Waals surface area contributed by atoms with Crippen molar-refractivity contribution in [2.24, 2.45) is 0 Å². The van der Waals surface area contributed by atoms with Crippen LogP contribution in [0.15, 0.2) is 27.8 Å². The molecule has 0 aromatic carbocycles. The van der Waals surface area contributed by atoms with E-state index < -0.39 is 10.0 Å². The van der Waals surface area contributed by atoms with Gasteiger partial charge in [-0.2, -0.15) is 0 Å². The summed E-state index contributed by atoms with van der Waals surface area (Å²) < 4.78 is 32.7. The molecule has 7 heteroatoms. The van der Waals surface area contributed by atoms with E-state index in [1.54, 1.807) is 13.3 Å². The largest absolute Gasteiger partial charge is 0.377 e. The number of halogens is 1. The van der Waals surface area contributed by atoms with Crippen molar-refractivity contribution in [3.8, 4) is 0 Å². The summed E-state index contributed by atoms with van der Waals surface area (Å²) in [4.78, 5) is 4.01. The van der Waals surface area contributed by atoms with Crippen molar-refractivity contribution in [1.29, 1.82) is 0 Å². The van der Waals surface area contributed by atoms with Gasteiger partial charge in [-0.25, -0.2) is 13.1 Å². The van der Waals surface area contributed by atoms with Gasteiger partial charge in [-0.15, -0.1) is 0 Å². The van der Waals surface area contributed by atoms with Crippen molar-refractivity contribution in [2.45, 2.75) is 29.8 Å². The molecule has 1 aliphatic carbocycles. The van der Waals surface area contributed by atoms with Gasteiger partial charge >= 0.3 is 0 Å². The van der Waals surface area contributed by atoms with E-state index in [4.69, 9.17) is 4.74 Å². The van der Waals surface area contributed by atoms with Crippen molar-refractivity contribution in [3.63, 3.8) is 0 Å². The van der Waals surface area contributed by atoms with Gasteiger partial charge in [0.15, 0.2) is 0 Å². The Balaban J connectivity index is 2.08. The Labute approximate surface area is 115 Å². The lowest BCUT2D eigenvalue weighted by Crippen LogP contribution is -2.49. The van der Waals surface area contributed by atoms with Gasteiger partial charge in [0, 0.05) is 30.5 Å². The molecule has 1 heterocycles. The number of pyridine rings is 1. The van der Waals surface area contributed by atoms with Gasteiger partial charge in [0.1, 0.15) is 4.90 Å². The zero-order valence-corrected chi connectivity index (χ0v) is 12.4. The van der Waals surface area contributed by atoms with Crippen LogP contribution in [-0.2, 0) is 14.8 Å². The van der Waals surface area contributed by atoms with E-state index in [0.29, 0.717) is 11.0 Å². The number of nitrogens with zero attached hydrogens (tertiary/aromatic N) is 1. The lowest BCUT2D eigenvalue weighted by atomic mass is 9.80. The van der Waals surface area contributed by atoms with E-state index in [-0.39, 0.29) is 10.5 Å². The van der Waals surface area contributed by atoms with E-state index in [2.05, 4.69) is 25.6 Å². The van der Waals surface area contributed by atoms with Crippen LogP contribution >= 0.6 is 15.9 Å². The predicted molar refractivity (Wildman–Crippen MR) is 70.7 cm³/mol. The minimum Gasteiger partial charge on any atom is -0.377 e. The molecule has 0 amide bonds. The minimum absolute atomic E-state index is 0.155. The van der Waals surface area contributed by atoms with Crippen LogP contribution in [0.2, 0.25) is 0 Å². The highest BCUT2D eigenvalue weighted by Crippen LogP contribution is 2.34. The first-order chi connectivity index (χ1) is 8.47. The summed E-state index contributed by atoms with van der Waals surface area (Å²) in [6, 6.07) is 1.52. The fourth-order valence-electron chi connectivity index (χ4n) is 1.87. The summed E-state index contributed by atoms with van der Waals surface area (Å²) in [6.45, 7) is 0.304. The topological polar surface area (TPSA) is 68.3 Å². The van der Waals surface area contributed by atoms with Gasteiger partial charge in [0.25, 0.3) is 0 Å². The Kier molecular flexibility index (Phi) is 4.05. The summed E-state index contributed by atoms with van der Waals surface area (Å²) in [5.74, 6) is 0. The van der Waals surface area contributed by atoms with Crippen molar-refractivity contribution in [3.05, 3.63) is 22.9 Å². The lowest BCUT2D eigenvalue weighted by Gasteiger charge is -2.40. The molecule has 0 radical (unpaired) electrons. The molecule has 1 saturated carbocycles. The first kappa shape index (κ1) is 13.9. The molecule has 0 atom stereocenters. The number of hydrogen-bond donors (Lipinski definition) is 1. The highest BCUT2D eigenvalue weighted by molar-refractivity contribution is 9.10. The van der Waals surface area contributed by atoms with Crippen LogP contribution in [0.3, 0.4) is 0 Å². The summed E-state index contributed by atoms with van der Waals surface area (Å²) in [5.41, 5.74) is -0.327. The summed E-state index contributed by atoms with van der Waals surface area (Å²) >= 11 is 3.20. The second-order valence-electron chi connectivity index (χ2n) is 4.40. The molecule has 1 aliphatic rings. The normalized spacial score (nSPS) is 18.3. The maximum atomic E-state index is 12.1. The molecule has 5 nitrogen and oxygen atoms in total. The molecule has 2 rings (SSSR count). The van der Waals surface area contributed by atoms with E-state index in [9.17, 15) is 8.42 Å². The molecule has 18 heavy (non-hydrogen) atoms. The summed E-state index contributed by atoms with van der Waals surface area (Å²) in [5, 5.41) is 0. The monoisotopic (exact) mass is 334 g/mol. The number of hydrogen-bond acceptors (Lipinski definition) is 4. The summed E-state index contributed by atoms with van der Waals surface area (Å²) in [7, 11) is -1.91. The number of methoxy groups -OCH3 is 1. The lowest BCUT2D eigenvalue weighted by molar-refractivity contribution is -0.0659. The third-order valence-corrected chi connectivity index (χ3v) is 5.07. The summed E-state index contributed by atoms with van der Waals surface area (Å²) in [6.07, 6.45) is 5.73. The van der Waals surface area contributed by atoms with Crippen molar-refractivity contribution in [2.75, 3.05) is 13.7 Å². The first-order valence-electron chi connectivity index (χ1n) is 5.63. The number of sulfonamides is 1. The Morgan fingerprint density at radius 2 is 2.22 bits per heavy atom. The maximum Gasteiger partial charge on any atom is 0.242 e. The molecule has 100 valence electrons. The Morgan fingerprint density at radius 1 is 1.50 bits per heavy atom. The van der Waals surface area contributed by atoms with E-state index in [0.717, 1.165) is 19.3 Å². The number of rotatable bonds is 5. The molecule has 1 N–H and O–H groups in total. The zero-order chi connectivity index (χ0) is 13.2. The molecule has 0 aliphatic heterocycles. The van der Waals surface area contributed by atoms with E-state index in [1.165, 1.54) is 12.3 Å². The van der Waals surface area contributed by atoms with Crippen molar-refractivity contribution in [1.82, 2.24) is 9.71 Å². The van der Waals surface area contributed by atoms with Crippen LogP contribution in [0, 0.1) is 0 Å². The highest BCUT2D eigenvalue weighted by atomic mass is 79.9. The second-order valence-corrected chi connectivity index (χ2v) is 7.09. The zero-order valence-electron chi connectivity index (χ0n) is 10.0. The van der Waals surface area contributed by atoms with Crippen LogP contribution in [0.4, 0.5) is 0 Å². The van der Waals surface area contributed by atoms with Gasteiger partial charge in [-0.3, -0.25) is 4.98 Å². The van der Waals surface area contributed by atoms with Crippen LogP contribution in [0.5, 0.6) is 0 Å². The van der Waals surface area contributed by atoms with E-state index >= 15 is 0 Å². The molecule has 1 fully saturated rings. The standard InChI is InChI=1S/C11H15BrN2O3S/c1-17-11(3-2-4-11)8-14-18(15,16)10-5-9(12)6-13-7-10/h5-7,14H,2-4,8H2,1H3. The highest BCUT2D eigenvalue weighted by Gasteiger charge is 2.38. The quantitative estimate of drug-likeness (QED) is 0.889. The number of aromatic nitrogens is 1. The molecule has 0 bridgehead atoms. The average molecular weight is 335 g/mol. The smallest absolute Gasteiger partial charge is 0.242 e. The molecule has 0 saturated heterocycles. The first-order valence-corrected chi connectivity index (χ1v) is 7.90. The molecule has 1 aromatic heterocycles. The fraction of sp³-hybridized carbons (Fsp3) is 0.545. The SMILES string of the molecule is COC1(CNS(=O)(=O)c2cncc(Br)c2)CCC1. The molecule has 0 spiro atoms. The number of ether oxygens (including phenoxy) is 1. The van der Waals surface area contributed by atoms with Gasteiger partial charge in [0.05, 0.1) is 5.60 Å². The Morgan fingerprint density at radius 3 is 2.72 bits per heavy atom. The van der Waals surface area contributed by atoms with Crippen LogP contribution in [0.25, 0.3) is 0 Å². The van der Waals surface area contributed by atoms with Crippen LogP contribution in [-0.4, -0.2) is 32.7 Å². The van der Waals surface area contributed by atoms with E-state index in [1.807, 2.05) is 0 Å². The number of nitrogens with one attached hydrogen (secondary N) is 1. The van der Waals surface area contributed by atoms with Crippen LogP contribution in [0.1, 0.15) is 19.3 Å². The molecular weight excluding hydrogens is 320 g/mol. The Bertz CT molecular complexity index is 523. The van der Waals surface area contributed by atoms with Gasteiger partial charge in [-0.05, 0) is 41.3 Å². The third-order valence-electron chi connectivity index (χ3n) is 3.27. The van der Waals surface area contributed by atoms with Crippen molar-refractivity contribution < 1.29 is 13.2 Å². The van der Waals surface area contributed by atoms with Gasteiger partial charge < -0.3 is 4.74 Å². The molecular formula is C11H15BrN2O3S. The third kappa shape index (κ3) is 2.90. The van der Waals surface area contributed by atoms with Crippen molar-refractivity contribution >= 4 is 26.0 Å². The van der Waals surface area contributed by atoms with Gasteiger partial charge in [-0.1, -0.05) is 0 Å². The predicted octanol–water partition coefficient (Wildman–Crippen LogP) is 1.69. The second kappa shape index (κ2) is 5.24. The average Bonchev–Trinajstić information content (AvgIpc) is 2.28. The van der Waals surface area contributed by atoms with Gasteiger partial charge in [0.2, 0.25) is 10.0 Å². The maximum absolute atomic E-state index is 12.1. The Hall–Kier alpha value is -0.500. The molecule has 0 unspecified atom stereocenters. The van der Waals surface area contributed by atoms with Crippen LogP contribution < -0.4 is 4.72 Å². The molecule has 1 aromatic rings.